The first-order valence-electron chi connectivity index (χ1n) is 5.21. The Balaban J connectivity index is 2.65. The van der Waals surface area contributed by atoms with E-state index in [0.29, 0.717) is 6.54 Å². The monoisotopic (exact) mass is 213 g/mol. The molecule has 1 aromatic rings. The topological polar surface area (TPSA) is 42.2 Å². The van der Waals surface area contributed by atoms with Crippen LogP contribution in [0.15, 0.2) is 6.20 Å². The van der Waals surface area contributed by atoms with Crippen molar-refractivity contribution in [3.05, 3.63) is 11.1 Å². The Morgan fingerprint density at radius 1 is 1.36 bits per heavy atom. The van der Waals surface area contributed by atoms with Gasteiger partial charge in [0.25, 0.3) is 0 Å². The largest absolute Gasteiger partial charge is 0.348 e. The van der Waals surface area contributed by atoms with Gasteiger partial charge in [-0.1, -0.05) is 13.8 Å². The van der Waals surface area contributed by atoms with Gasteiger partial charge in [0.1, 0.15) is 0 Å². The molecule has 0 saturated carbocycles. The molecule has 0 radical (unpaired) electrons. The first kappa shape index (κ1) is 11.5. The maximum Gasteiger partial charge on any atom is 0.185 e. The van der Waals surface area contributed by atoms with Crippen molar-refractivity contribution in [2.75, 3.05) is 18.0 Å². The van der Waals surface area contributed by atoms with Gasteiger partial charge in [-0.25, -0.2) is 4.98 Å². The fraction of sp³-hybridized carbons (Fsp3) is 0.700. The Hall–Kier alpha value is -0.610. The molecule has 0 aliphatic heterocycles. The smallest absolute Gasteiger partial charge is 0.185 e. The summed E-state index contributed by atoms with van der Waals surface area (Å²) in [7, 11) is 0. The number of nitrogens with zero attached hydrogens (tertiary/aromatic N) is 2. The molecule has 0 amide bonds. The number of nitrogens with two attached hydrogens (primary N) is 1. The van der Waals surface area contributed by atoms with Crippen LogP contribution >= 0.6 is 11.3 Å². The molecule has 0 bridgehead atoms. The standard InChI is InChI=1S/C10H19N3S/c1-3-5-13(6-4-2)10-12-8-9(7-11)14-10/h8H,3-7,11H2,1-2H3. The van der Waals surface area contributed by atoms with Gasteiger partial charge in [0.05, 0.1) is 0 Å². The molecule has 0 aliphatic carbocycles. The van der Waals surface area contributed by atoms with Crippen LogP contribution in [0.1, 0.15) is 31.6 Å². The van der Waals surface area contributed by atoms with Crippen molar-refractivity contribution in [2.45, 2.75) is 33.2 Å². The molecule has 3 nitrogen and oxygen atoms in total. The van der Waals surface area contributed by atoms with Gasteiger partial charge in [-0.2, -0.15) is 0 Å². The predicted molar refractivity (Wildman–Crippen MR) is 62.8 cm³/mol. The van der Waals surface area contributed by atoms with Crippen LogP contribution in [0.25, 0.3) is 0 Å². The summed E-state index contributed by atoms with van der Waals surface area (Å²) in [5, 5.41) is 1.12. The fourth-order valence-electron chi connectivity index (χ4n) is 1.38. The maximum atomic E-state index is 5.56. The summed E-state index contributed by atoms with van der Waals surface area (Å²) < 4.78 is 0. The van der Waals surface area contributed by atoms with Crippen molar-refractivity contribution in [3.63, 3.8) is 0 Å². The van der Waals surface area contributed by atoms with Gasteiger partial charge in [0.2, 0.25) is 0 Å². The quantitative estimate of drug-likeness (QED) is 0.788. The molecule has 0 saturated heterocycles. The highest BCUT2D eigenvalue weighted by Gasteiger charge is 2.08. The van der Waals surface area contributed by atoms with E-state index in [0.717, 1.165) is 35.9 Å². The fourth-order valence-corrected chi connectivity index (χ4v) is 2.22. The number of aromatic nitrogens is 1. The Labute approximate surface area is 89.9 Å². The maximum absolute atomic E-state index is 5.56. The third-order valence-electron chi connectivity index (χ3n) is 2.00. The predicted octanol–water partition coefficient (Wildman–Crippen LogP) is 2.23. The van der Waals surface area contributed by atoms with Crippen LogP contribution in [-0.2, 0) is 6.54 Å². The molecule has 0 atom stereocenters. The van der Waals surface area contributed by atoms with Gasteiger partial charge in [-0.3, -0.25) is 0 Å². The molecule has 2 N–H and O–H groups in total. The Morgan fingerprint density at radius 3 is 2.43 bits per heavy atom. The summed E-state index contributed by atoms with van der Waals surface area (Å²) in [6.07, 6.45) is 4.22. The van der Waals surface area contributed by atoms with Crippen molar-refractivity contribution in [2.24, 2.45) is 5.73 Å². The lowest BCUT2D eigenvalue weighted by Crippen LogP contribution is -2.24. The number of anilines is 1. The van der Waals surface area contributed by atoms with Crippen molar-refractivity contribution in [1.29, 1.82) is 0 Å². The van der Waals surface area contributed by atoms with Gasteiger partial charge < -0.3 is 10.6 Å². The first-order valence-corrected chi connectivity index (χ1v) is 6.03. The number of hydrogen-bond donors (Lipinski definition) is 1. The van der Waals surface area contributed by atoms with E-state index in [1.165, 1.54) is 0 Å². The molecule has 0 aromatic carbocycles. The zero-order valence-corrected chi connectivity index (χ0v) is 9.81. The van der Waals surface area contributed by atoms with Crippen LogP contribution in [0.5, 0.6) is 0 Å². The van der Waals surface area contributed by atoms with Gasteiger partial charge in [0, 0.05) is 30.7 Å². The minimum absolute atomic E-state index is 0.601. The van der Waals surface area contributed by atoms with Gasteiger partial charge in [-0.15, -0.1) is 11.3 Å². The molecule has 1 aromatic heterocycles. The van der Waals surface area contributed by atoms with Crippen LogP contribution in [0.4, 0.5) is 5.13 Å². The molecule has 0 aliphatic rings. The van der Waals surface area contributed by atoms with Crippen LogP contribution in [-0.4, -0.2) is 18.1 Å². The van der Waals surface area contributed by atoms with Crippen LogP contribution in [0, 0.1) is 0 Å². The second-order valence-electron chi connectivity index (χ2n) is 3.30. The number of thiazole rings is 1. The SMILES string of the molecule is CCCN(CCC)c1ncc(CN)s1. The third kappa shape index (κ3) is 2.96. The summed E-state index contributed by atoms with van der Waals surface area (Å²) in [6.45, 7) is 7.17. The lowest BCUT2D eigenvalue weighted by Gasteiger charge is -2.19. The zero-order chi connectivity index (χ0) is 10.4. The molecule has 4 heteroatoms. The molecular formula is C10H19N3S. The van der Waals surface area contributed by atoms with Crippen molar-refractivity contribution in [1.82, 2.24) is 4.98 Å². The molecule has 1 rings (SSSR count). The van der Waals surface area contributed by atoms with Crippen molar-refractivity contribution >= 4 is 16.5 Å². The van der Waals surface area contributed by atoms with E-state index in [1.54, 1.807) is 11.3 Å². The Bertz CT molecular complexity index is 254. The van der Waals surface area contributed by atoms with Gasteiger partial charge >= 0.3 is 0 Å². The normalized spacial score (nSPS) is 10.5. The van der Waals surface area contributed by atoms with Gasteiger partial charge in [0.15, 0.2) is 5.13 Å². The highest BCUT2D eigenvalue weighted by molar-refractivity contribution is 7.15. The Morgan fingerprint density at radius 2 is 2.00 bits per heavy atom. The van der Waals surface area contributed by atoms with Crippen LogP contribution < -0.4 is 10.6 Å². The average Bonchev–Trinajstić information content (AvgIpc) is 2.65. The Kier molecular flexibility index (Phi) is 4.90. The summed E-state index contributed by atoms with van der Waals surface area (Å²) >= 11 is 1.71. The molecule has 80 valence electrons. The van der Waals surface area contributed by atoms with Crippen molar-refractivity contribution in [3.8, 4) is 0 Å². The lowest BCUT2D eigenvalue weighted by atomic mass is 10.4. The van der Waals surface area contributed by atoms with E-state index in [2.05, 4.69) is 23.7 Å². The zero-order valence-electron chi connectivity index (χ0n) is 8.99. The summed E-state index contributed by atoms with van der Waals surface area (Å²) in [5.74, 6) is 0. The van der Waals surface area contributed by atoms with Crippen molar-refractivity contribution < 1.29 is 0 Å². The number of rotatable bonds is 6. The second-order valence-corrected chi connectivity index (χ2v) is 4.39. The average molecular weight is 213 g/mol. The van der Waals surface area contributed by atoms with E-state index < -0.39 is 0 Å². The van der Waals surface area contributed by atoms with E-state index in [9.17, 15) is 0 Å². The number of hydrogen-bond acceptors (Lipinski definition) is 4. The minimum Gasteiger partial charge on any atom is -0.348 e. The van der Waals surface area contributed by atoms with E-state index >= 15 is 0 Å². The second kappa shape index (κ2) is 5.98. The molecule has 0 spiro atoms. The highest BCUT2D eigenvalue weighted by atomic mass is 32.1. The molecule has 14 heavy (non-hydrogen) atoms. The van der Waals surface area contributed by atoms with Crippen LogP contribution in [0.3, 0.4) is 0 Å². The third-order valence-corrected chi connectivity index (χ3v) is 3.08. The molecular weight excluding hydrogens is 194 g/mol. The lowest BCUT2D eigenvalue weighted by molar-refractivity contribution is 0.742. The van der Waals surface area contributed by atoms with E-state index in [4.69, 9.17) is 5.73 Å². The minimum atomic E-state index is 0.601. The summed E-state index contributed by atoms with van der Waals surface area (Å²) in [6, 6.07) is 0. The molecule has 0 unspecified atom stereocenters. The van der Waals surface area contributed by atoms with Gasteiger partial charge in [-0.05, 0) is 12.8 Å². The first-order chi connectivity index (χ1) is 6.81. The van der Waals surface area contributed by atoms with Crippen LogP contribution in [0.2, 0.25) is 0 Å². The summed E-state index contributed by atoms with van der Waals surface area (Å²) in [5.41, 5.74) is 5.56. The van der Waals surface area contributed by atoms with E-state index in [-0.39, 0.29) is 0 Å². The summed E-state index contributed by atoms with van der Waals surface area (Å²) in [4.78, 5) is 7.89. The highest BCUT2D eigenvalue weighted by Crippen LogP contribution is 2.22. The molecule has 1 heterocycles. The molecule has 0 fully saturated rings. The van der Waals surface area contributed by atoms with E-state index in [1.807, 2.05) is 6.20 Å².